The Bertz CT molecular complexity index is 622. The van der Waals surface area contributed by atoms with Crippen LogP contribution in [-0.4, -0.2) is 28.7 Å². The number of aromatic hydroxyl groups is 1. The molecule has 4 aliphatic rings. The third-order valence-corrected chi connectivity index (χ3v) is 4.96. The van der Waals surface area contributed by atoms with Crippen LogP contribution in [0, 0.1) is 12.8 Å². The van der Waals surface area contributed by atoms with Crippen LogP contribution in [-0.2, 0) is 0 Å². The highest BCUT2D eigenvalue weighted by Crippen LogP contribution is 2.53. The van der Waals surface area contributed by atoms with E-state index in [1.165, 1.54) is 29.7 Å². The standard InChI is InChI=1S/C17H21NO2/c1-10-8-12(19)9-13-14(10)15-11-4-6-18(7-5-11)16(15)17(2,3)20-13/h8-9,11,19H,4-7H2,1-3H3. The van der Waals surface area contributed by atoms with Crippen molar-refractivity contribution in [1.82, 2.24) is 4.90 Å². The van der Waals surface area contributed by atoms with Crippen molar-refractivity contribution in [2.75, 3.05) is 13.1 Å². The van der Waals surface area contributed by atoms with Gasteiger partial charge >= 0.3 is 0 Å². The largest absolute Gasteiger partial charge is 0.508 e. The Morgan fingerprint density at radius 2 is 1.95 bits per heavy atom. The van der Waals surface area contributed by atoms with Crippen LogP contribution in [0.2, 0.25) is 0 Å². The van der Waals surface area contributed by atoms with E-state index in [1.807, 2.05) is 6.07 Å². The van der Waals surface area contributed by atoms with Crippen molar-refractivity contribution in [1.29, 1.82) is 0 Å². The summed E-state index contributed by atoms with van der Waals surface area (Å²) in [5.41, 5.74) is 4.90. The number of phenolic OH excluding ortho intramolecular Hbond substituents is 1. The molecule has 3 heteroatoms. The van der Waals surface area contributed by atoms with Crippen LogP contribution in [0.5, 0.6) is 11.5 Å². The Labute approximate surface area is 119 Å². The first kappa shape index (κ1) is 12.1. The van der Waals surface area contributed by atoms with E-state index < -0.39 is 0 Å². The zero-order valence-electron chi connectivity index (χ0n) is 12.4. The number of phenols is 1. The molecule has 1 saturated heterocycles. The van der Waals surface area contributed by atoms with E-state index >= 15 is 0 Å². The zero-order chi connectivity index (χ0) is 14.1. The molecule has 5 rings (SSSR count). The number of ether oxygens (including phenoxy) is 1. The summed E-state index contributed by atoms with van der Waals surface area (Å²) < 4.78 is 6.24. The fraction of sp³-hybridized carbons (Fsp3) is 0.529. The number of nitrogens with zero attached hydrogens (tertiary/aromatic N) is 1. The minimum Gasteiger partial charge on any atom is -0.508 e. The summed E-state index contributed by atoms with van der Waals surface area (Å²) in [6.07, 6.45) is 2.49. The summed E-state index contributed by atoms with van der Waals surface area (Å²) in [6, 6.07) is 3.62. The Morgan fingerprint density at radius 1 is 1.25 bits per heavy atom. The monoisotopic (exact) mass is 271 g/mol. The second-order valence-corrected chi connectivity index (χ2v) is 6.77. The fourth-order valence-corrected chi connectivity index (χ4v) is 4.27. The lowest BCUT2D eigenvalue weighted by molar-refractivity contribution is 0.0772. The zero-order valence-corrected chi connectivity index (χ0v) is 12.4. The molecular formula is C17H21NO2. The lowest BCUT2D eigenvalue weighted by atomic mass is 9.73. The second-order valence-electron chi connectivity index (χ2n) is 6.77. The molecule has 0 unspecified atom stereocenters. The first-order valence-corrected chi connectivity index (χ1v) is 7.50. The van der Waals surface area contributed by atoms with Gasteiger partial charge in [-0.15, -0.1) is 0 Å². The van der Waals surface area contributed by atoms with Crippen LogP contribution in [0.15, 0.2) is 17.8 Å². The minimum atomic E-state index is -0.304. The maximum atomic E-state index is 9.86. The van der Waals surface area contributed by atoms with Crippen molar-refractivity contribution < 1.29 is 9.84 Å². The van der Waals surface area contributed by atoms with Gasteiger partial charge < -0.3 is 14.7 Å². The smallest absolute Gasteiger partial charge is 0.143 e. The molecule has 0 aliphatic carbocycles. The van der Waals surface area contributed by atoms with Crippen LogP contribution in [0.4, 0.5) is 0 Å². The molecule has 1 aromatic carbocycles. The molecule has 3 nitrogen and oxygen atoms in total. The van der Waals surface area contributed by atoms with E-state index in [2.05, 4.69) is 25.7 Å². The van der Waals surface area contributed by atoms with Crippen molar-refractivity contribution in [3.63, 3.8) is 0 Å². The van der Waals surface area contributed by atoms with Gasteiger partial charge in [-0.2, -0.15) is 0 Å². The Balaban J connectivity index is 2.03. The van der Waals surface area contributed by atoms with Gasteiger partial charge in [0.1, 0.15) is 17.1 Å². The molecule has 1 fully saturated rings. The maximum absolute atomic E-state index is 9.86. The molecule has 1 aromatic rings. The average Bonchev–Trinajstić information content (AvgIpc) is 2.37. The molecule has 2 bridgehead atoms. The van der Waals surface area contributed by atoms with Gasteiger partial charge in [0.05, 0.1) is 5.70 Å². The molecule has 4 aliphatic heterocycles. The number of hydrogen-bond donors (Lipinski definition) is 1. The molecule has 4 heterocycles. The summed E-state index contributed by atoms with van der Waals surface area (Å²) in [7, 11) is 0. The topological polar surface area (TPSA) is 32.7 Å². The highest BCUT2D eigenvalue weighted by molar-refractivity contribution is 5.81. The average molecular weight is 271 g/mol. The summed E-state index contributed by atoms with van der Waals surface area (Å²) in [5.74, 6) is 1.79. The molecule has 1 N–H and O–H groups in total. The third kappa shape index (κ3) is 1.46. The molecular weight excluding hydrogens is 250 g/mol. The van der Waals surface area contributed by atoms with E-state index in [9.17, 15) is 5.11 Å². The van der Waals surface area contributed by atoms with Gasteiger partial charge in [0.2, 0.25) is 0 Å². The van der Waals surface area contributed by atoms with Crippen molar-refractivity contribution >= 4 is 5.57 Å². The van der Waals surface area contributed by atoms with Crippen molar-refractivity contribution in [3.8, 4) is 11.5 Å². The number of aryl methyl sites for hydroxylation is 1. The number of fused-ring (bicyclic) bond motifs is 3. The van der Waals surface area contributed by atoms with Crippen molar-refractivity contribution in [2.45, 2.75) is 39.2 Å². The highest BCUT2D eigenvalue weighted by atomic mass is 16.5. The van der Waals surface area contributed by atoms with Gasteiger partial charge in [-0.1, -0.05) is 0 Å². The Kier molecular flexibility index (Phi) is 2.25. The summed E-state index contributed by atoms with van der Waals surface area (Å²) in [6.45, 7) is 8.67. The maximum Gasteiger partial charge on any atom is 0.143 e. The highest BCUT2D eigenvalue weighted by Gasteiger charge is 2.45. The van der Waals surface area contributed by atoms with Gasteiger partial charge in [0.25, 0.3) is 0 Å². The van der Waals surface area contributed by atoms with Crippen LogP contribution in [0.1, 0.15) is 37.8 Å². The van der Waals surface area contributed by atoms with Crippen molar-refractivity contribution in [3.05, 3.63) is 29.0 Å². The molecule has 20 heavy (non-hydrogen) atoms. The lowest BCUT2D eigenvalue weighted by Gasteiger charge is -2.51. The second kappa shape index (κ2) is 3.72. The van der Waals surface area contributed by atoms with E-state index in [1.54, 1.807) is 6.07 Å². The third-order valence-electron chi connectivity index (χ3n) is 4.96. The fourth-order valence-electron chi connectivity index (χ4n) is 4.27. The quantitative estimate of drug-likeness (QED) is 0.786. The minimum absolute atomic E-state index is 0.294. The molecule has 0 atom stereocenters. The Morgan fingerprint density at radius 3 is 2.65 bits per heavy atom. The molecule has 0 amide bonds. The van der Waals surface area contributed by atoms with E-state index in [0.29, 0.717) is 11.7 Å². The van der Waals surface area contributed by atoms with Gasteiger partial charge in [0.15, 0.2) is 0 Å². The molecule has 0 radical (unpaired) electrons. The van der Waals surface area contributed by atoms with Crippen LogP contribution in [0.25, 0.3) is 5.57 Å². The van der Waals surface area contributed by atoms with Gasteiger partial charge in [0, 0.05) is 24.7 Å². The summed E-state index contributed by atoms with van der Waals surface area (Å²) in [5, 5.41) is 9.86. The molecule has 106 valence electrons. The lowest BCUT2D eigenvalue weighted by Crippen LogP contribution is -2.51. The summed E-state index contributed by atoms with van der Waals surface area (Å²) >= 11 is 0. The van der Waals surface area contributed by atoms with E-state index in [0.717, 1.165) is 24.4 Å². The van der Waals surface area contributed by atoms with Gasteiger partial charge in [-0.05, 0) is 56.7 Å². The predicted molar refractivity (Wildman–Crippen MR) is 78.8 cm³/mol. The van der Waals surface area contributed by atoms with Gasteiger partial charge in [-0.3, -0.25) is 0 Å². The molecule has 0 spiro atoms. The predicted octanol–water partition coefficient (Wildman–Crippen LogP) is 3.31. The molecule has 0 saturated carbocycles. The summed E-state index contributed by atoms with van der Waals surface area (Å²) in [4.78, 5) is 2.50. The Hall–Kier alpha value is -1.64. The van der Waals surface area contributed by atoms with Crippen LogP contribution in [0.3, 0.4) is 0 Å². The number of rotatable bonds is 0. The number of piperidine rings is 1. The number of benzene rings is 1. The van der Waals surface area contributed by atoms with Crippen LogP contribution >= 0.6 is 0 Å². The number of hydrogen-bond acceptors (Lipinski definition) is 3. The SMILES string of the molecule is Cc1cc(O)cc2c1C1=C(N3CCC1CC3)C(C)(C)O2. The normalized spacial score (nSPS) is 23.4. The number of allylic oxidation sites excluding steroid dienone is 1. The van der Waals surface area contributed by atoms with E-state index in [-0.39, 0.29) is 5.60 Å². The first-order valence-electron chi connectivity index (χ1n) is 7.50. The van der Waals surface area contributed by atoms with E-state index in [4.69, 9.17) is 4.74 Å². The van der Waals surface area contributed by atoms with Crippen molar-refractivity contribution in [2.24, 2.45) is 5.92 Å². The van der Waals surface area contributed by atoms with Gasteiger partial charge in [-0.25, -0.2) is 0 Å². The first-order chi connectivity index (χ1) is 9.47. The van der Waals surface area contributed by atoms with Crippen LogP contribution < -0.4 is 4.74 Å². The molecule has 0 aromatic heterocycles.